The topological polar surface area (TPSA) is 60.9 Å². The SMILES string of the molecule is CC(C)CC(O)C(=O)N1CCC2(CC1)C(=O)N(C)c1ccccc12. The summed E-state index contributed by atoms with van der Waals surface area (Å²) in [5.41, 5.74) is 1.54. The number of piperidine rings is 1. The van der Waals surface area contributed by atoms with E-state index in [4.69, 9.17) is 0 Å². The summed E-state index contributed by atoms with van der Waals surface area (Å²) in [4.78, 5) is 28.7. The molecule has 1 spiro atoms. The fraction of sp³-hybridized carbons (Fsp3) is 0.579. The molecule has 1 saturated heterocycles. The molecule has 0 aliphatic carbocycles. The number of benzene rings is 1. The molecule has 2 aliphatic rings. The number of aliphatic hydroxyl groups is 1. The summed E-state index contributed by atoms with van der Waals surface area (Å²) in [6.07, 6.45) is 0.777. The molecule has 24 heavy (non-hydrogen) atoms. The van der Waals surface area contributed by atoms with Crippen LogP contribution >= 0.6 is 0 Å². The van der Waals surface area contributed by atoms with Gasteiger partial charge in [0.05, 0.1) is 5.41 Å². The van der Waals surface area contributed by atoms with E-state index in [9.17, 15) is 14.7 Å². The molecule has 2 heterocycles. The van der Waals surface area contributed by atoms with Gasteiger partial charge in [-0.25, -0.2) is 0 Å². The molecule has 2 aliphatic heterocycles. The molecule has 2 amide bonds. The third-order valence-corrected chi connectivity index (χ3v) is 5.40. The molecule has 5 nitrogen and oxygen atoms in total. The van der Waals surface area contributed by atoms with Crippen LogP contribution in [0.1, 0.15) is 38.7 Å². The molecule has 1 aromatic rings. The van der Waals surface area contributed by atoms with Crippen LogP contribution in [0.15, 0.2) is 24.3 Å². The highest BCUT2D eigenvalue weighted by Gasteiger charge is 2.51. The van der Waals surface area contributed by atoms with Crippen LogP contribution in [0.2, 0.25) is 0 Å². The summed E-state index contributed by atoms with van der Waals surface area (Å²) < 4.78 is 0. The first-order valence-corrected chi connectivity index (χ1v) is 8.71. The largest absolute Gasteiger partial charge is 0.383 e. The van der Waals surface area contributed by atoms with Crippen LogP contribution in [-0.2, 0) is 15.0 Å². The lowest BCUT2D eigenvalue weighted by Crippen LogP contribution is -2.51. The van der Waals surface area contributed by atoms with Crippen molar-refractivity contribution in [2.45, 2.75) is 44.6 Å². The number of aliphatic hydroxyl groups excluding tert-OH is 1. The first-order chi connectivity index (χ1) is 11.4. The minimum atomic E-state index is -0.937. The van der Waals surface area contributed by atoms with Gasteiger partial charge in [-0.3, -0.25) is 9.59 Å². The lowest BCUT2D eigenvalue weighted by atomic mass is 9.73. The Bertz CT molecular complexity index is 648. The van der Waals surface area contributed by atoms with E-state index in [0.717, 1.165) is 11.3 Å². The van der Waals surface area contributed by atoms with Gasteiger partial charge in [0, 0.05) is 25.8 Å². The summed E-state index contributed by atoms with van der Waals surface area (Å²) in [6, 6.07) is 7.92. The van der Waals surface area contributed by atoms with Gasteiger partial charge in [0.2, 0.25) is 5.91 Å². The van der Waals surface area contributed by atoms with Crippen molar-refractivity contribution in [3.63, 3.8) is 0 Å². The van der Waals surface area contributed by atoms with Crippen molar-refractivity contribution in [2.24, 2.45) is 5.92 Å². The molecule has 1 unspecified atom stereocenters. The van der Waals surface area contributed by atoms with Crippen molar-refractivity contribution >= 4 is 17.5 Å². The normalized spacial score (nSPS) is 20.6. The molecule has 0 radical (unpaired) electrons. The third-order valence-electron chi connectivity index (χ3n) is 5.40. The summed E-state index contributed by atoms with van der Waals surface area (Å²) in [5, 5.41) is 10.1. The molecule has 0 aromatic heterocycles. The van der Waals surface area contributed by atoms with Gasteiger partial charge >= 0.3 is 0 Å². The van der Waals surface area contributed by atoms with Crippen molar-refractivity contribution in [1.29, 1.82) is 0 Å². The van der Waals surface area contributed by atoms with Crippen LogP contribution in [0.4, 0.5) is 5.69 Å². The van der Waals surface area contributed by atoms with Gasteiger partial charge < -0.3 is 14.9 Å². The van der Waals surface area contributed by atoms with Crippen molar-refractivity contribution in [3.05, 3.63) is 29.8 Å². The maximum Gasteiger partial charge on any atom is 0.251 e. The predicted octanol–water partition coefficient (Wildman–Crippen LogP) is 1.93. The van der Waals surface area contributed by atoms with E-state index in [-0.39, 0.29) is 17.7 Å². The highest BCUT2D eigenvalue weighted by Crippen LogP contribution is 2.47. The number of likely N-dealkylation sites (N-methyl/N-ethyl adjacent to an activating group) is 1. The fourth-order valence-electron chi connectivity index (χ4n) is 4.07. The van der Waals surface area contributed by atoms with Crippen LogP contribution in [-0.4, -0.2) is 48.1 Å². The smallest absolute Gasteiger partial charge is 0.251 e. The van der Waals surface area contributed by atoms with Gasteiger partial charge in [0.1, 0.15) is 6.10 Å². The minimum Gasteiger partial charge on any atom is -0.383 e. The lowest BCUT2D eigenvalue weighted by molar-refractivity contribution is -0.144. The van der Waals surface area contributed by atoms with E-state index < -0.39 is 11.5 Å². The summed E-state index contributed by atoms with van der Waals surface area (Å²) in [7, 11) is 1.82. The maximum absolute atomic E-state index is 12.9. The zero-order valence-corrected chi connectivity index (χ0v) is 14.7. The van der Waals surface area contributed by atoms with Crippen LogP contribution in [0, 0.1) is 5.92 Å². The second-order valence-electron chi connectivity index (χ2n) is 7.43. The predicted molar refractivity (Wildman–Crippen MR) is 92.8 cm³/mol. The van der Waals surface area contributed by atoms with Gasteiger partial charge in [0.25, 0.3) is 5.91 Å². The number of carbonyl (C=O) groups excluding carboxylic acids is 2. The van der Waals surface area contributed by atoms with Crippen molar-refractivity contribution in [2.75, 3.05) is 25.0 Å². The lowest BCUT2D eigenvalue weighted by Gasteiger charge is -2.39. The number of amides is 2. The zero-order chi connectivity index (χ0) is 17.5. The Kier molecular flexibility index (Phi) is 4.38. The van der Waals surface area contributed by atoms with Crippen molar-refractivity contribution < 1.29 is 14.7 Å². The number of fused-ring (bicyclic) bond motifs is 2. The van der Waals surface area contributed by atoms with E-state index in [0.29, 0.717) is 32.4 Å². The summed E-state index contributed by atoms with van der Waals surface area (Å²) >= 11 is 0. The average molecular weight is 330 g/mol. The average Bonchev–Trinajstić information content (AvgIpc) is 2.77. The number of likely N-dealkylation sites (tertiary alicyclic amines) is 1. The molecule has 1 N–H and O–H groups in total. The van der Waals surface area contributed by atoms with Crippen LogP contribution in [0.3, 0.4) is 0 Å². The molecule has 0 bridgehead atoms. The van der Waals surface area contributed by atoms with Crippen LogP contribution < -0.4 is 4.90 Å². The van der Waals surface area contributed by atoms with E-state index in [2.05, 4.69) is 0 Å². The highest BCUT2D eigenvalue weighted by atomic mass is 16.3. The van der Waals surface area contributed by atoms with Gasteiger partial charge in [-0.2, -0.15) is 0 Å². The number of anilines is 1. The summed E-state index contributed by atoms with van der Waals surface area (Å²) in [6.45, 7) is 5.02. The Morgan fingerprint density at radius 2 is 1.88 bits per heavy atom. The molecular weight excluding hydrogens is 304 g/mol. The number of nitrogens with zero attached hydrogens (tertiary/aromatic N) is 2. The first kappa shape index (κ1) is 17.0. The van der Waals surface area contributed by atoms with E-state index in [1.54, 1.807) is 9.80 Å². The zero-order valence-electron chi connectivity index (χ0n) is 14.7. The number of para-hydroxylation sites is 1. The van der Waals surface area contributed by atoms with Crippen molar-refractivity contribution in [3.8, 4) is 0 Å². The summed E-state index contributed by atoms with van der Waals surface area (Å²) in [5.74, 6) is 0.196. The molecule has 1 fully saturated rings. The van der Waals surface area contributed by atoms with Gasteiger partial charge in [0.15, 0.2) is 0 Å². The molecule has 1 aromatic carbocycles. The van der Waals surface area contributed by atoms with Gasteiger partial charge in [-0.05, 0) is 36.8 Å². The number of hydrogen-bond acceptors (Lipinski definition) is 3. The number of hydrogen-bond donors (Lipinski definition) is 1. The maximum atomic E-state index is 12.9. The highest BCUT2D eigenvalue weighted by molar-refractivity contribution is 6.07. The minimum absolute atomic E-state index is 0.124. The van der Waals surface area contributed by atoms with E-state index in [1.165, 1.54) is 0 Å². The van der Waals surface area contributed by atoms with Gasteiger partial charge in [-0.1, -0.05) is 32.0 Å². The molecule has 3 rings (SSSR count). The number of carbonyl (C=O) groups is 2. The van der Waals surface area contributed by atoms with Crippen molar-refractivity contribution in [1.82, 2.24) is 4.90 Å². The monoisotopic (exact) mass is 330 g/mol. The molecule has 0 saturated carbocycles. The molecule has 5 heteroatoms. The Balaban J connectivity index is 1.75. The van der Waals surface area contributed by atoms with E-state index in [1.807, 2.05) is 45.2 Å². The molecular formula is C19H26N2O3. The molecule has 130 valence electrons. The Morgan fingerprint density at radius 3 is 2.50 bits per heavy atom. The van der Waals surface area contributed by atoms with E-state index >= 15 is 0 Å². The fourth-order valence-corrected chi connectivity index (χ4v) is 4.07. The standard InChI is InChI=1S/C19H26N2O3/c1-13(2)12-16(22)17(23)21-10-8-19(9-11-21)14-6-4-5-7-15(14)20(3)18(19)24/h4-7,13,16,22H,8-12H2,1-3H3. The Hall–Kier alpha value is -1.88. The third kappa shape index (κ3) is 2.61. The second kappa shape index (κ2) is 6.20. The second-order valence-corrected chi connectivity index (χ2v) is 7.43. The molecule has 1 atom stereocenters. The Morgan fingerprint density at radius 1 is 1.25 bits per heavy atom. The number of rotatable bonds is 3. The van der Waals surface area contributed by atoms with Gasteiger partial charge in [-0.15, -0.1) is 0 Å². The van der Waals surface area contributed by atoms with Crippen LogP contribution in [0.25, 0.3) is 0 Å². The quantitative estimate of drug-likeness (QED) is 0.921. The first-order valence-electron chi connectivity index (χ1n) is 8.71. The van der Waals surface area contributed by atoms with Crippen LogP contribution in [0.5, 0.6) is 0 Å². The Labute approximate surface area is 143 Å².